The molecule has 108 valence electrons. The van der Waals surface area contributed by atoms with Crippen LogP contribution in [0.4, 0.5) is 5.69 Å². The Bertz CT molecular complexity index is 512. The second-order valence-electron chi connectivity index (χ2n) is 4.69. The molecule has 1 aliphatic heterocycles. The highest BCUT2D eigenvalue weighted by Crippen LogP contribution is 2.18. The minimum absolute atomic E-state index is 0.0175. The molecule has 1 unspecified atom stereocenters. The monoisotopic (exact) mass is 279 g/mol. The molecule has 0 aliphatic carbocycles. The zero-order chi connectivity index (χ0) is 14.5. The van der Waals surface area contributed by atoms with Gasteiger partial charge in [-0.1, -0.05) is 0 Å². The molecule has 0 aromatic heterocycles. The van der Waals surface area contributed by atoms with Crippen molar-refractivity contribution >= 4 is 11.6 Å². The fourth-order valence-corrected chi connectivity index (χ4v) is 2.07. The number of amides is 1. The molecule has 2 N–H and O–H groups in total. The van der Waals surface area contributed by atoms with Gasteiger partial charge in [0.15, 0.2) is 0 Å². The van der Waals surface area contributed by atoms with Crippen LogP contribution < -0.4 is 10.6 Å². The number of rotatable bonds is 4. The molecule has 7 heteroatoms. The Hall–Kier alpha value is -1.99. The summed E-state index contributed by atoms with van der Waals surface area (Å²) in [5, 5.41) is 16.7. The molecule has 0 saturated carbocycles. The summed E-state index contributed by atoms with van der Waals surface area (Å²) >= 11 is 0. The van der Waals surface area contributed by atoms with Gasteiger partial charge in [0.25, 0.3) is 11.6 Å². The Labute approximate surface area is 116 Å². The van der Waals surface area contributed by atoms with Crippen LogP contribution in [0, 0.1) is 17.0 Å². The molecule has 0 spiro atoms. The summed E-state index contributed by atoms with van der Waals surface area (Å²) in [7, 11) is 0. The summed E-state index contributed by atoms with van der Waals surface area (Å²) in [6.07, 6.45) is 0. The van der Waals surface area contributed by atoms with Crippen molar-refractivity contribution in [1.82, 2.24) is 10.6 Å². The molecular weight excluding hydrogens is 262 g/mol. The lowest BCUT2D eigenvalue weighted by Crippen LogP contribution is -2.48. The summed E-state index contributed by atoms with van der Waals surface area (Å²) < 4.78 is 5.29. The number of aryl methyl sites for hydroxylation is 1. The standard InChI is InChI=1S/C13H17N3O4/c1-9-6-10(2-3-12(9)16(18)19)13(17)15-7-11-8-20-5-4-14-11/h2-3,6,11,14H,4-5,7-8H2,1H3,(H,15,17). The zero-order valence-electron chi connectivity index (χ0n) is 11.2. The van der Waals surface area contributed by atoms with Gasteiger partial charge in [0.05, 0.1) is 18.1 Å². The zero-order valence-corrected chi connectivity index (χ0v) is 11.2. The van der Waals surface area contributed by atoms with Crippen LogP contribution in [0.1, 0.15) is 15.9 Å². The SMILES string of the molecule is Cc1cc(C(=O)NCC2COCCN2)ccc1[N+](=O)[O-]. The molecule has 1 fully saturated rings. The van der Waals surface area contributed by atoms with Crippen LogP contribution in [0.15, 0.2) is 18.2 Å². The van der Waals surface area contributed by atoms with Crippen LogP contribution >= 0.6 is 0 Å². The number of carbonyl (C=O) groups excluding carboxylic acids is 1. The smallest absolute Gasteiger partial charge is 0.272 e. The third kappa shape index (κ3) is 3.52. The van der Waals surface area contributed by atoms with E-state index in [1.807, 2.05) is 0 Å². The van der Waals surface area contributed by atoms with Gasteiger partial charge in [-0.25, -0.2) is 0 Å². The van der Waals surface area contributed by atoms with Gasteiger partial charge in [-0.15, -0.1) is 0 Å². The summed E-state index contributed by atoms with van der Waals surface area (Å²) in [5.74, 6) is -0.240. The lowest BCUT2D eigenvalue weighted by atomic mass is 10.1. The predicted molar refractivity (Wildman–Crippen MR) is 72.8 cm³/mol. The average molecular weight is 279 g/mol. The van der Waals surface area contributed by atoms with Crippen molar-refractivity contribution in [2.75, 3.05) is 26.3 Å². The molecular formula is C13H17N3O4. The maximum Gasteiger partial charge on any atom is 0.272 e. The van der Waals surface area contributed by atoms with Crippen molar-refractivity contribution in [3.63, 3.8) is 0 Å². The van der Waals surface area contributed by atoms with E-state index in [2.05, 4.69) is 10.6 Å². The first-order valence-corrected chi connectivity index (χ1v) is 6.42. The predicted octanol–water partition coefficient (Wildman–Crippen LogP) is 0.621. The second-order valence-corrected chi connectivity index (χ2v) is 4.69. The highest BCUT2D eigenvalue weighted by atomic mass is 16.6. The van der Waals surface area contributed by atoms with E-state index in [0.29, 0.717) is 30.9 Å². The fraction of sp³-hybridized carbons (Fsp3) is 0.462. The number of nitro groups is 1. The molecule has 2 rings (SSSR count). The summed E-state index contributed by atoms with van der Waals surface area (Å²) in [6, 6.07) is 4.45. The van der Waals surface area contributed by atoms with E-state index in [-0.39, 0.29) is 17.6 Å². The quantitative estimate of drug-likeness (QED) is 0.622. The van der Waals surface area contributed by atoms with E-state index in [1.165, 1.54) is 18.2 Å². The van der Waals surface area contributed by atoms with Gasteiger partial charge in [0.2, 0.25) is 0 Å². The molecule has 1 amide bonds. The number of hydrogen-bond acceptors (Lipinski definition) is 5. The van der Waals surface area contributed by atoms with Gasteiger partial charge < -0.3 is 15.4 Å². The van der Waals surface area contributed by atoms with Gasteiger partial charge in [-0.2, -0.15) is 0 Å². The number of nitro benzene ring substituents is 1. The summed E-state index contributed by atoms with van der Waals surface area (Å²) in [5.41, 5.74) is 0.912. The van der Waals surface area contributed by atoms with Crippen molar-refractivity contribution in [1.29, 1.82) is 0 Å². The molecule has 1 aromatic rings. The van der Waals surface area contributed by atoms with Crippen LogP contribution in [-0.4, -0.2) is 43.2 Å². The van der Waals surface area contributed by atoms with E-state index in [0.717, 1.165) is 6.54 Å². The maximum absolute atomic E-state index is 12.0. The van der Waals surface area contributed by atoms with Crippen molar-refractivity contribution in [3.8, 4) is 0 Å². The Morgan fingerprint density at radius 1 is 1.60 bits per heavy atom. The second kappa shape index (κ2) is 6.44. The number of ether oxygens (including phenoxy) is 1. The van der Waals surface area contributed by atoms with E-state index in [1.54, 1.807) is 6.92 Å². The van der Waals surface area contributed by atoms with E-state index in [9.17, 15) is 14.9 Å². The Morgan fingerprint density at radius 3 is 3.00 bits per heavy atom. The average Bonchev–Trinajstić information content (AvgIpc) is 2.45. The van der Waals surface area contributed by atoms with Crippen LogP contribution in [-0.2, 0) is 4.74 Å². The molecule has 1 saturated heterocycles. The van der Waals surface area contributed by atoms with E-state index >= 15 is 0 Å². The Morgan fingerprint density at radius 2 is 2.40 bits per heavy atom. The minimum Gasteiger partial charge on any atom is -0.378 e. The normalized spacial score (nSPS) is 18.6. The number of carbonyl (C=O) groups is 1. The molecule has 1 atom stereocenters. The van der Waals surface area contributed by atoms with Crippen LogP contribution in [0.2, 0.25) is 0 Å². The Balaban J connectivity index is 1.95. The lowest BCUT2D eigenvalue weighted by molar-refractivity contribution is -0.385. The highest BCUT2D eigenvalue weighted by molar-refractivity contribution is 5.94. The first-order valence-electron chi connectivity index (χ1n) is 6.42. The number of nitrogens with one attached hydrogen (secondary N) is 2. The number of morpholine rings is 1. The van der Waals surface area contributed by atoms with Crippen molar-refractivity contribution < 1.29 is 14.5 Å². The van der Waals surface area contributed by atoms with Gasteiger partial charge >= 0.3 is 0 Å². The van der Waals surface area contributed by atoms with Gasteiger partial charge in [-0.05, 0) is 19.1 Å². The molecule has 0 radical (unpaired) electrons. The van der Waals surface area contributed by atoms with Gasteiger partial charge in [0, 0.05) is 36.3 Å². The van der Waals surface area contributed by atoms with Crippen molar-refractivity contribution in [2.24, 2.45) is 0 Å². The minimum atomic E-state index is -0.458. The van der Waals surface area contributed by atoms with Crippen LogP contribution in [0.3, 0.4) is 0 Å². The molecule has 1 aliphatic rings. The lowest BCUT2D eigenvalue weighted by Gasteiger charge is -2.23. The van der Waals surface area contributed by atoms with E-state index in [4.69, 9.17) is 4.74 Å². The maximum atomic E-state index is 12.0. The fourth-order valence-electron chi connectivity index (χ4n) is 2.07. The molecule has 1 heterocycles. The topological polar surface area (TPSA) is 93.5 Å². The molecule has 7 nitrogen and oxygen atoms in total. The van der Waals surface area contributed by atoms with Crippen molar-refractivity contribution in [3.05, 3.63) is 39.4 Å². The van der Waals surface area contributed by atoms with Gasteiger partial charge in [-0.3, -0.25) is 14.9 Å². The molecule has 0 bridgehead atoms. The van der Waals surface area contributed by atoms with Crippen LogP contribution in [0.5, 0.6) is 0 Å². The molecule has 20 heavy (non-hydrogen) atoms. The van der Waals surface area contributed by atoms with Gasteiger partial charge in [0.1, 0.15) is 0 Å². The first kappa shape index (κ1) is 14.4. The molecule has 1 aromatic carbocycles. The summed E-state index contributed by atoms with van der Waals surface area (Å²) in [4.78, 5) is 22.2. The summed E-state index contributed by atoms with van der Waals surface area (Å²) in [6.45, 7) is 4.11. The number of hydrogen-bond donors (Lipinski definition) is 2. The Kier molecular flexibility index (Phi) is 4.65. The van der Waals surface area contributed by atoms with E-state index < -0.39 is 4.92 Å². The highest BCUT2D eigenvalue weighted by Gasteiger charge is 2.16. The number of benzene rings is 1. The van der Waals surface area contributed by atoms with Crippen molar-refractivity contribution in [2.45, 2.75) is 13.0 Å². The first-order chi connectivity index (χ1) is 9.58. The van der Waals surface area contributed by atoms with Crippen LogP contribution in [0.25, 0.3) is 0 Å². The third-order valence-electron chi connectivity index (χ3n) is 3.16. The largest absolute Gasteiger partial charge is 0.378 e. The third-order valence-corrected chi connectivity index (χ3v) is 3.16. The number of nitrogens with zero attached hydrogens (tertiary/aromatic N) is 1.